The van der Waals surface area contributed by atoms with Gasteiger partial charge in [0.15, 0.2) is 22.1 Å². The van der Waals surface area contributed by atoms with Crippen molar-refractivity contribution in [2.75, 3.05) is 5.73 Å². The highest BCUT2D eigenvalue weighted by Crippen LogP contribution is 2.14. The Hall–Kier alpha value is -1.08. The van der Waals surface area contributed by atoms with Gasteiger partial charge >= 0.3 is 0 Å². The molecule has 1 heterocycles. The van der Waals surface area contributed by atoms with Crippen molar-refractivity contribution < 1.29 is 4.37 Å². The molecule has 0 spiro atoms. The van der Waals surface area contributed by atoms with Crippen LogP contribution >= 0.6 is 11.5 Å². The van der Waals surface area contributed by atoms with Crippen LogP contribution in [0.5, 0.6) is 0 Å². The van der Waals surface area contributed by atoms with Crippen molar-refractivity contribution in [3.8, 4) is 6.07 Å². The fourth-order valence-electron chi connectivity index (χ4n) is 0.557. The number of aromatic amines is 1. The first-order valence-electron chi connectivity index (χ1n) is 2.42. The van der Waals surface area contributed by atoms with E-state index < -0.39 is 0 Å². The number of hydrogen-bond acceptors (Lipinski definition) is 3. The third-order valence-electron chi connectivity index (χ3n) is 1.05. The van der Waals surface area contributed by atoms with Crippen LogP contribution < -0.4 is 10.1 Å². The van der Waals surface area contributed by atoms with E-state index in [2.05, 4.69) is 4.37 Å². The van der Waals surface area contributed by atoms with Crippen LogP contribution in [0.3, 0.4) is 0 Å². The van der Waals surface area contributed by atoms with Crippen LogP contribution in [0.4, 0.5) is 5.00 Å². The van der Waals surface area contributed by atoms with Crippen molar-refractivity contribution in [2.24, 2.45) is 0 Å². The molecule has 0 radical (unpaired) electrons. The Morgan fingerprint density at radius 3 is 2.67 bits per heavy atom. The molecule has 0 fully saturated rings. The van der Waals surface area contributed by atoms with Crippen molar-refractivity contribution in [1.82, 2.24) is 0 Å². The third-order valence-corrected chi connectivity index (χ3v) is 1.88. The summed E-state index contributed by atoms with van der Waals surface area (Å²) in [6, 6.07) is 2.00. The Morgan fingerprint density at radius 1 is 1.78 bits per heavy atom. The van der Waals surface area contributed by atoms with Gasteiger partial charge in [0, 0.05) is 6.92 Å². The highest BCUT2D eigenvalue weighted by atomic mass is 32.1. The van der Waals surface area contributed by atoms with Crippen LogP contribution in [0.2, 0.25) is 0 Å². The van der Waals surface area contributed by atoms with E-state index in [1.54, 1.807) is 0 Å². The van der Waals surface area contributed by atoms with Gasteiger partial charge in [-0.15, -0.1) is 4.37 Å². The number of nitrogens with one attached hydrogen (secondary N) is 1. The summed E-state index contributed by atoms with van der Waals surface area (Å²) in [6.45, 7) is 1.82. The van der Waals surface area contributed by atoms with Gasteiger partial charge in [-0.1, -0.05) is 0 Å². The summed E-state index contributed by atoms with van der Waals surface area (Å²) in [5.74, 6) is 0. The molecular formula is C5H6N3S+. The highest BCUT2D eigenvalue weighted by Gasteiger charge is 2.11. The van der Waals surface area contributed by atoms with Gasteiger partial charge in [-0.2, -0.15) is 5.26 Å². The zero-order valence-corrected chi connectivity index (χ0v) is 5.75. The molecule has 0 aliphatic carbocycles. The molecule has 0 bridgehead atoms. The lowest BCUT2D eigenvalue weighted by Crippen LogP contribution is -1.95. The predicted octanol–water partition coefficient (Wildman–Crippen LogP) is 0.325. The summed E-state index contributed by atoms with van der Waals surface area (Å²) in [5, 5.41) is 9.01. The summed E-state index contributed by atoms with van der Waals surface area (Å²) in [6.07, 6.45) is 0. The molecular weight excluding hydrogens is 134 g/mol. The molecule has 46 valence electrons. The maximum absolute atomic E-state index is 8.44. The molecule has 0 unspecified atom stereocenters. The molecule has 0 saturated carbocycles. The number of nitriles is 1. The summed E-state index contributed by atoms with van der Waals surface area (Å²) in [4.78, 5) is 0. The van der Waals surface area contributed by atoms with Crippen molar-refractivity contribution in [3.05, 3.63) is 11.3 Å². The lowest BCUT2D eigenvalue weighted by atomic mass is 10.3. The number of H-pyrrole nitrogens is 1. The number of nitrogens with zero attached hydrogens (tertiary/aromatic N) is 1. The standard InChI is InChI=1S/C5H5N3S/c1-3-4(2-6)5(7)9-8-3/h7H2,1H3/p+1. The fraction of sp³-hybridized carbons (Fsp3) is 0.200. The Bertz CT molecular complexity index is 238. The van der Waals surface area contributed by atoms with Crippen LogP contribution in [0.15, 0.2) is 0 Å². The molecule has 3 nitrogen and oxygen atoms in total. The highest BCUT2D eigenvalue weighted by molar-refractivity contribution is 7.06. The molecule has 0 aliphatic heterocycles. The van der Waals surface area contributed by atoms with E-state index in [0.717, 1.165) is 5.69 Å². The number of nitrogens with two attached hydrogens (primary N) is 1. The van der Waals surface area contributed by atoms with Crippen LogP contribution in [-0.4, -0.2) is 0 Å². The molecule has 3 N–H and O–H groups in total. The maximum Gasteiger partial charge on any atom is 0.210 e. The molecule has 0 aromatic carbocycles. The van der Waals surface area contributed by atoms with E-state index in [9.17, 15) is 0 Å². The average Bonchev–Trinajstić information content (AvgIpc) is 2.12. The summed E-state index contributed by atoms with van der Waals surface area (Å²) >= 11 is 1.29. The molecule has 1 aromatic rings. The van der Waals surface area contributed by atoms with Crippen molar-refractivity contribution in [2.45, 2.75) is 6.92 Å². The van der Waals surface area contributed by atoms with Gasteiger partial charge in [0.25, 0.3) is 0 Å². The molecule has 0 atom stereocenters. The number of hydrogen-bond donors (Lipinski definition) is 1. The SMILES string of the molecule is Cc1[nH+]sc(N)c1C#N. The second-order valence-electron chi connectivity index (χ2n) is 1.68. The van der Waals surface area contributed by atoms with E-state index in [1.165, 1.54) is 11.5 Å². The minimum atomic E-state index is 0.565. The monoisotopic (exact) mass is 140 g/mol. The van der Waals surface area contributed by atoms with E-state index >= 15 is 0 Å². The largest absolute Gasteiger partial charge is 0.385 e. The number of aromatic nitrogens is 1. The normalized spacial score (nSPS) is 8.89. The predicted molar refractivity (Wildman–Crippen MR) is 34.7 cm³/mol. The fourth-order valence-corrected chi connectivity index (χ4v) is 1.22. The Labute approximate surface area is 56.9 Å². The van der Waals surface area contributed by atoms with Gasteiger partial charge in [-0.25, -0.2) is 0 Å². The lowest BCUT2D eigenvalue weighted by Gasteiger charge is -1.75. The topological polar surface area (TPSA) is 63.9 Å². The second-order valence-corrected chi connectivity index (χ2v) is 2.53. The lowest BCUT2D eigenvalue weighted by molar-refractivity contribution is -0.300. The number of nitrogen functional groups attached to an aromatic ring is 1. The van der Waals surface area contributed by atoms with Gasteiger partial charge < -0.3 is 5.73 Å². The van der Waals surface area contributed by atoms with Crippen molar-refractivity contribution >= 4 is 16.5 Å². The van der Waals surface area contributed by atoms with E-state index in [4.69, 9.17) is 11.0 Å². The average molecular weight is 140 g/mol. The minimum absolute atomic E-state index is 0.565. The molecule has 0 amide bonds. The van der Waals surface area contributed by atoms with E-state index in [-0.39, 0.29) is 0 Å². The number of anilines is 1. The van der Waals surface area contributed by atoms with Crippen LogP contribution in [0.25, 0.3) is 0 Å². The zero-order chi connectivity index (χ0) is 6.85. The van der Waals surface area contributed by atoms with Crippen LogP contribution in [0, 0.1) is 18.3 Å². The molecule has 9 heavy (non-hydrogen) atoms. The van der Waals surface area contributed by atoms with Gasteiger partial charge in [-0.05, 0) is 0 Å². The Balaban J connectivity index is 3.27. The van der Waals surface area contributed by atoms with Crippen molar-refractivity contribution in [1.29, 1.82) is 5.26 Å². The summed E-state index contributed by atoms with van der Waals surface area (Å²) < 4.78 is 2.88. The first kappa shape index (κ1) is 6.05. The Kier molecular flexibility index (Phi) is 1.37. The van der Waals surface area contributed by atoms with Crippen LogP contribution in [0.1, 0.15) is 11.3 Å². The number of rotatable bonds is 0. The molecule has 1 aromatic heterocycles. The first-order chi connectivity index (χ1) is 4.25. The molecule has 0 saturated heterocycles. The second kappa shape index (κ2) is 2.03. The zero-order valence-electron chi connectivity index (χ0n) is 4.93. The Morgan fingerprint density at radius 2 is 2.44 bits per heavy atom. The summed E-state index contributed by atoms with van der Waals surface area (Å²) in [7, 11) is 0. The molecule has 4 heteroatoms. The summed E-state index contributed by atoms with van der Waals surface area (Å²) in [5.41, 5.74) is 6.83. The smallest absolute Gasteiger partial charge is 0.210 e. The van der Waals surface area contributed by atoms with E-state index in [1.807, 2.05) is 13.0 Å². The first-order valence-corrected chi connectivity index (χ1v) is 3.24. The van der Waals surface area contributed by atoms with Gasteiger partial charge in [-0.3, -0.25) is 0 Å². The van der Waals surface area contributed by atoms with Gasteiger partial charge in [0.05, 0.1) is 0 Å². The van der Waals surface area contributed by atoms with Crippen molar-refractivity contribution in [3.63, 3.8) is 0 Å². The van der Waals surface area contributed by atoms with Gasteiger partial charge in [0.2, 0.25) is 5.69 Å². The molecule has 1 rings (SSSR count). The van der Waals surface area contributed by atoms with E-state index in [0.29, 0.717) is 10.6 Å². The quantitative estimate of drug-likeness (QED) is 0.564. The van der Waals surface area contributed by atoms with Gasteiger partial charge in [0.1, 0.15) is 6.07 Å². The third kappa shape index (κ3) is 0.864. The minimum Gasteiger partial charge on any atom is -0.385 e. The number of aryl methyl sites for hydroxylation is 1. The maximum atomic E-state index is 8.44. The molecule has 0 aliphatic rings. The van der Waals surface area contributed by atoms with Crippen LogP contribution in [-0.2, 0) is 0 Å².